The third-order valence-corrected chi connectivity index (χ3v) is 2.87. The minimum atomic E-state index is -0.543. The standard InChI is InChI=1S/C15H14FN3/c1-2-3-4-11-9-18-15(19-10-11)12-5-6-13(8-17)14(16)7-12/h5-7,9-10H,2-4H2,1H3. The molecule has 0 saturated carbocycles. The van der Waals surface area contributed by atoms with Crippen LogP contribution in [0.5, 0.6) is 0 Å². The molecule has 0 fully saturated rings. The van der Waals surface area contributed by atoms with Gasteiger partial charge in [-0.05, 0) is 36.6 Å². The number of aryl methyl sites for hydroxylation is 1. The fourth-order valence-corrected chi connectivity index (χ4v) is 1.76. The molecule has 1 heterocycles. The van der Waals surface area contributed by atoms with Gasteiger partial charge in [-0.15, -0.1) is 0 Å². The molecule has 1 aromatic heterocycles. The van der Waals surface area contributed by atoms with Gasteiger partial charge in [0.15, 0.2) is 5.82 Å². The molecule has 0 N–H and O–H groups in total. The van der Waals surface area contributed by atoms with E-state index in [1.165, 1.54) is 12.1 Å². The lowest BCUT2D eigenvalue weighted by molar-refractivity contribution is 0.624. The molecule has 0 aliphatic carbocycles. The Labute approximate surface area is 111 Å². The van der Waals surface area contributed by atoms with Crippen LogP contribution in [0.1, 0.15) is 30.9 Å². The van der Waals surface area contributed by atoms with Gasteiger partial charge in [-0.25, -0.2) is 14.4 Å². The van der Waals surface area contributed by atoms with E-state index in [4.69, 9.17) is 5.26 Å². The zero-order valence-electron chi connectivity index (χ0n) is 10.7. The number of nitrogens with zero attached hydrogens (tertiary/aromatic N) is 3. The fraction of sp³-hybridized carbons (Fsp3) is 0.267. The maximum absolute atomic E-state index is 13.5. The average Bonchev–Trinajstić information content (AvgIpc) is 2.45. The van der Waals surface area contributed by atoms with Crippen LogP contribution in [0.25, 0.3) is 11.4 Å². The summed E-state index contributed by atoms with van der Waals surface area (Å²) in [5.41, 5.74) is 1.70. The molecule has 0 amide bonds. The summed E-state index contributed by atoms with van der Waals surface area (Å²) in [5, 5.41) is 8.68. The van der Waals surface area contributed by atoms with E-state index >= 15 is 0 Å². The maximum Gasteiger partial charge on any atom is 0.159 e. The second-order valence-corrected chi connectivity index (χ2v) is 4.32. The number of nitriles is 1. The van der Waals surface area contributed by atoms with E-state index < -0.39 is 5.82 Å². The number of halogens is 1. The monoisotopic (exact) mass is 255 g/mol. The zero-order valence-corrected chi connectivity index (χ0v) is 10.7. The second-order valence-electron chi connectivity index (χ2n) is 4.32. The van der Waals surface area contributed by atoms with Crippen molar-refractivity contribution in [2.24, 2.45) is 0 Å². The average molecular weight is 255 g/mol. The van der Waals surface area contributed by atoms with Gasteiger partial charge in [-0.1, -0.05) is 13.3 Å². The first kappa shape index (κ1) is 13.2. The summed E-state index contributed by atoms with van der Waals surface area (Å²) in [4.78, 5) is 8.48. The molecule has 4 heteroatoms. The van der Waals surface area contributed by atoms with Crippen LogP contribution in [0, 0.1) is 17.1 Å². The van der Waals surface area contributed by atoms with Crippen LogP contribution in [-0.4, -0.2) is 9.97 Å². The quantitative estimate of drug-likeness (QED) is 0.840. The topological polar surface area (TPSA) is 49.6 Å². The van der Waals surface area contributed by atoms with Crippen LogP contribution in [0.3, 0.4) is 0 Å². The highest BCUT2D eigenvalue weighted by molar-refractivity contribution is 5.56. The molecule has 0 saturated heterocycles. The maximum atomic E-state index is 13.5. The Bertz CT molecular complexity index is 600. The van der Waals surface area contributed by atoms with Crippen molar-refractivity contribution < 1.29 is 4.39 Å². The number of hydrogen-bond acceptors (Lipinski definition) is 3. The van der Waals surface area contributed by atoms with Crippen LogP contribution in [0.4, 0.5) is 4.39 Å². The Balaban J connectivity index is 2.22. The molecule has 19 heavy (non-hydrogen) atoms. The molecule has 96 valence electrons. The van der Waals surface area contributed by atoms with Gasteiger partial charge in [-0.2, -0.15) is 5.26 Å². The van der Waals surface area contributed by atoms with E-state index in [-0.39, 0.29) is 5.56 Å². The van der Waals surface area contributed by atoms with Crippen molar-refractivity contribution in [3.05, 3.63) is 47.5 Å². The number of benzene rings is 1. The van der Waals surface area contributed by atoms with E-state index in [0.29, 0.717) is 11.4 Å². The lowest BCUT2D eigenvalue weighted by atomic mass is 10.1. The zero-order chi connectivity index (χ0) is 13.7. The predicted molar refractivity (Wildman–Crippen MR) is 70.8 cm³/mol. The summed E-state index contributed by atoms with van der Waals surface area (Å²) in [6.45, 7) is 2.13. The number of hydrogen-bond donors (Lipinski definition) is 0. The van der Waals surface area contributed by atoms with Crippen LogP contribution < -0.4 is 0 Å². The summed E-state index contributed by atoms with van der Waals surface area (Å²) in [6, 6.07) is 6.18. The molecule has 0 atom stereocenters. The van der Waals surface area contributed by atoms with Gasteiger partial charge in [-0.3, -0.25) is 0 Å². The van der Waals surface area contributed by atoms with Crippen molar-refractivity contribution in [2.75, 3.05) is 0 Å². The third kappa shape index (κ3) is 3.14. The van der Waals surface area contributed by atoms with Crippen molar-refractivity contribution in [1.82, 2.24) is 9.97 Å². The molecular formula is C15H14FN3. The molecule has 0 aliphatic rings. The van der Waals surface area contributed by atoms with Gasteiger partial charge in [0.05, 0.1) is 5.56 Å². The van der Waals surface area contributed by atoms with Gasteiger partial charge >= 0.3 is 0 Å². The minimum Gasteiger partial charge on any atom is -0.236 e. The summed E-state index contributed by atoms with van der Waals surface area (Å²) >= 11 is 0. The Morgan fingerprint density at radius 3 is 2.58 bits per heavy atom. The van der Waals surface area contributed by atoms with Gasteiger partial charge in [0, 0.05) is 18.0 Å². The largest absolute Gasteiger partial charge is 0.236 e. The molecule has 0 spiro atoms. The second kappa shape index (κ2) is 6.05. The SMILES string of the molecule is CCCCc1cnc(-c2ccc(C#N)c(F)c2)nc1. The Kier molecular flexibility index (Phi) is 4.19. The fourth-order valence-electron chi connectivity index (χ4n) is 1.76. The van der Waals surface area contributed by atoms with Crippen LogP contribution in [0.2, 0.25) is 0 Å². The van der Waals surface area contributed by atoms with Crippen molar-refractivity contribution in [1.29, 1.82) is 5.26 Å². The van der Waals surface area contributed by atoms with Crippen LogP contribution in [0.15, 0.2) is 30.6 Å². The summed E-state index contributed by atoms with van der Waals surface area (Å²) < 4.78 is 13.5. The molecule has 2 aromatic rings. The highest BCUT2D eigenvalue weighted by Crippen LogP contribution is 2.18. The molecule has 0 unspecified atom stereocenters. The van der Waals surface area contributed by atoms with Crippen LogP contribution >= 0.6 is 0 Å². The predicted octanol–water partition coefficient (Wildman–Crippen LogP) is 3.50. The highest BCUT2D eigenvalue weighted by atomic mass is 19.1. The molecule has 1 aromatic carbocycles. The number of unbranched alkanes of at least 4 members (excludes halogenated alkanes) is 1. The number of rotatable bonds is 4. The lowest BCUT2D eigenvalue weighted by Gasteiger charge is -2.03. The van der Waals surface area contributed by atoms with Crippen molar-refractivity contribution in [2.45, 2.75) is 26.2 Å². The van der Waals surface area contributed by atoms with Crippen molar-refractivity contribution >= 4 is 0 Å². The van der Waals surface area contributed by atoms with E-state index in [9.17, 15) is 4.39 Å². The summed E-state index contributed by atoms with van der Waals surface area (Å²) in [6.07, 6.45) is 6.73. The van der Waals surface area contributed by atoms with Gasteiger partial charge in [0.1, 0.15) is 11.9 Å². The Morgan fingerprint density at radius 2 is 2.00 bits per heavy atom. The first-order chi connectivity index (χ1) is 9.24. The highest BCUT2D eigenvalue weighted by Gasteiger charge is 2.06. The van der Waals surface area contributed by atoms with Crippen molar-refractivity contribution in [3.8, 4) is 17.5 Å². The Morgan fingerprint density at radius 1 is 1.26 bits per heavy atom. The van der Waals surface area contributed by atoms with Gasteiger partial charge < -0.3 is 0 Å². The minimum absolute atomic E-state index is 0.0308. The molecular weight excluding hydrogens is 241 g/mol. The van der Waals surface area contributed by atoms with Gasteiger partial charge in [0.2, 0.25) is 0 Å². The van der Waals surface area contributed by atoms with Crippen molar-refractivity contribution in [3.63, 3.8) is 0 Å². The molecule has 0 aliphatic heterocycles. The molecule has 3 nitrogen and oxygen atoms in total. The summed E-state index contributed by atoms with van der Waals surface area (Å²) in [7, 11) is 0. The van der Waals surface area contributed by atoms with E-state index in [1.807, 2.05) is 0 Å². The number of aromatic nitrogens is 2. The van der Waals surface area contributed by atoms with Crippen LogP contribution in [-0.2, 0) is 6.42 Å². The first-order valence-corrected chi connectivity index (χ1v) is 6.25. The Hall–Kier alpha value is -2.28. The van der Waals surface area contributed by atoms with E-state index in [2.05, 4.69) is 16.9 Å². The summed E-state index contributed by atoms with van der Waals surface area (Å²) in [5.74, 6) is -0.0673. The molecule has 0 bridgehead atoms. The third-order valence-electron chi connectivity index (χ3n) is 2.87. The van der Waals surface area contributed by atoms with E-state index in [1.54, 1.807) is 24.5 Å². The smallest absolute Gasteiger partial charge is 0.159 e. The lowest BCUT2D eigenvalue weighted by Crippen LogP contribution is -1.94. The molecule has 2 rings (SSSR count). The normalized spacial score (nSPS) is 10.2. The van der Waals surface area contributed by atoms with Gasteiger partial charge in [0.25, 0.3) is 0 Å². The van der Waals surface area contributed by atoms with E-state index in [0.717, 1.165) is 24.8 Å². The first-order valence-electron chi connectivity index (χ1n) is 6.25. The molecule has 0 radical (unpaired) electrons.